The van der Waals surface area contributed by atoms with E-state index in [-0.39, 0.29) is 11.8 Å². The van der Waals surface area contributed by atoms with Crippen molar-refractivity contribution in [1.82, 2.24) is 5.32 Å². The van der Waals surface area contributed by atoms with E-state index >= 15 is 0 Å². The normalized spacial score (nSPS) is 10.3. The van der Waals surface area contributed by atoms with Gasteiger partial charge in [-0.2, -0.15) is 0 Å². The van der Waals surface area contributed by atoms with Crippen LogP contribution in [-0.4, -0.2) is 38.7 Å². The summed E-state index contributed by atoms with van der Waals surface area (Å²) in [4.78, 5) is 24.3. The third-order valence-electron chi connectivity index (χ3n) is 3.49. The summed E-state index contributed by atoms with van der Waals surface area (Å²) in [5, 5.41) is 5.54. The van der Waals surface area contributed by atoms with Crippen LogP contribution in [0, 0.1) is 0 Å². The molecule has 0 spiro atoms. The van der Waals surface area contributed by atoms with Crippen LogP contribution in [0.5, 0.6) is 5.75 Å². The minimum atomic E-state index is -0.244. The zero-order valence-electron chi connectivity index (χ0n) is 14.7. The van der Waals surface area contributed by atoms with E-state index < -0.39 is 0 Å². The number of rotatable bonds is 8. The van der Waals surface area contributed by atoms with Crippen molar-refractivity contribution in [2.75, 3.05) is 32.2 Å². The second-order valence-corrected chi connectivity index (χ2v) is 6.21. The first-order chi connectivity index (χ1) is 12.5. The van der Waals surface area contributed by atoms with Gasteiger partial charge in [0.15, 0.2) is 0 Å². The lowest BCUT2D eigenvalue weighted by Gasteiger charge is -2.09. The molecule has 0 aliphatic carbocycles. The number of amides is 2. The molecule has 0 fully saturated rings. The van der Waals surface area contributed by atoms with Crippen molar-refractivity contribution in [1.29, 1.82) is 0 Å². The first-order valence-electron chi connectivity index (χ1n) is 8.16. The molecule has 138 valence electrons. The SMILES string of the molecule is CCOc1ccc(C(=O)Nc2ccc(C(=O)NCCOC)cc2)cc1Br. The number of ether oxygens (including phenoxy) is 2. The molecule has 0 aliphatic heterocycles. The highest BCUT2D eigenvalue weighted by atomic mass is 79.9. The maximum Gasteiger partial charge on any atom is 0.255 e. The predicted octanol–water partition coefficient (Wildman–Crippen LogP) is 3.48. The summed E-state index contributed by atoms with van der Waals surface area (Å²) in [6.45, 7) is 3.35. The standard InChI is InChI=1S/C19H21BrN2O4/c1-3-26-17-9-6-14(12-16(17)20)19(24)22-15-7-4-13(5-8-15)18(23)21-10-11-25-2/h4-9,12H,3,10-11H2,1-2H3,(H,21,23)(H,22,24). The van der Waals surface area contributed by atoms with E-state index in [1.165, 1.54) is 0 Å². The molecule has 0 bridgehead atoms. The van der Waals surface area contributed by atoms with Gasteiger partial charge < -0.3 is 20.1 Å². The molecular weight excluding hydrogens is 400 g/mol. The maximum atomic E-state index is 12.4. The second kappa shape index (κ2) is 9.94. The molecule has 26 heavy (non-hydrogen) atoms. The molecule has 0 atom stereocenters. The lowest BCUT2D eigenvalue weighted by atomic mass is 10.1. The van der Waals surface area contributed by atoms with Crippen molar-refractivity contribution >= 4 is 33.4 Å². The van der Waals surface area contributed by atoms with Crippen LogP contribution >= 0.6 is 15.9 Å². The Morgan fingerprint density at radius 3 is 2.35 bits per heavy atom. The van der Waals surface area contributed by atoms with Gasteiger partial charge in [-0.25, -0.2) is 0 Å². The van der Waals surface area contributed by atoms with Gasteiger partial charge in [0, 0.05) is 30.5 Å². The molecule has 7 heteroatoms. The molecule has 2 aromatic rings. The molecule has 2 aromatic carbocycles. The fourth-order valence-electron chi connectivity index (χ4n) is 2.19. The highest BCUT2D eigenvalue weighted by Crippen LogP contribution is 2.26. The van der Waals surface area contributed by atoms with E-state index in [1.54, 1.807) is 49.6 Å². The number of methoxy groups -OCH3 is 1. The molecule has 0 radical (unpaired) electrons. The molecule has 0 aliphatic rings. The van der Waals surface area contributed by atoms with E-state index in [0.717, 1.165) is 4.47 Å². The number of hydrogen-bond donors (Lipinski definition) is 2. The zero-order chi connectivity index (χ0) is 18.9. The molecule has 0 heterocycles. The predicted molar refractivity (Wildman–Crippen MR) is 104 cm³/mol. The number of anilines is 1. The minimum Gasteiger partial charge on any atom is -0.493 e. The largest absolute Gasteiger partial charge is 0.493 e. The van der Waals surface area contributed by atoms with Gasteiger partial charge in [-0.3, -0.25) is 9.59 Å². The average molecular weight is 421 g/mol. The summed E-state index contributed by atoms with van der Waals surface area (Å²) in [5.41, 5.74) is 1.62. The first kappa shape index (κ1) is 19.9. The van der Waals surface area contributed by atoms with Crippen molar-refractivity contribution < 1.29 is 19.1 Å². The Bertz CT molecular complexity index is 763. The van der Waals surface area contributed by atoms with Gasteiger partial charge in [0.25, 0.3) is 11.8 Å². The second-order valence-electron chi connectivity index (χ2n) is 5.36. The van der Waals surface area contributed by atoms with Crippen LogP contribution in [0.1, 0.15) is 27.6 Å². The molecule has 0 saturated carbocycles. The fraction of sp³-hybridized carbons (Fsp3) is 0.263. The molecule has 2 amide bonds. The van der Waals surface area contributed by atoms with Crippen molar-refractivity contribution in [3.8, 4) is 5.75 Å². The summed E-state index contributed by atoms with van der Waals surface area (Å²) in [5.74, 6) is 0.259. The Morgan fingerprint density at radius 2 is 1.73 bits per heavy atom. The fourth-order valence-corrected chi connectivity index (χ4v) is 2.68. The van der Waals surface area contributed by atoms with Crippen LogP contribution in [0.25, 0.3) is 0 Å². The molecule has 6 nitrogen and oxygen atoms in total. The number of nitrogens with one attached hydrogen (secondary N) is 2. The average Bonchev–Trinajstić information content (AvgIpc) is 2.64. The summed E-state index contributed by atoms with van der Waals surface area (Å²) in [7, 11) is 1.58. The lowest BCUT2D eigenvalue weighted by molar-refractivity contribution is 0.0936. The Kier molecular flexibility index (Phi) is 7.62. The first-order valence-corrected chi connectivity index (χ1v) is 8.95. The number of halogens is 1. The smallest absolute Gasteiger partial charge is 0.255 e. The summed E-state index contributed by atoms with van der Waals surface area (Å²) >= 11 is 3.39. The van der Waals surface area contributed by atoms with Crippen LogP contribution in [-0.2, 0) is 4.74 Å². The van der Waals surface area contributed by atoms with E-state index in [4.69, 9.17) is 9.47 Å². The molecule has 0 unspecified atom stereocenters. The van der Waals surface area contributed by atoms with Gasteiger partial charge in [-0.1, -0.05) is 0 Å². The van der Waals surface area contributed by atoms with Gasteiger partial charge in [-0.15, -0.1) is 0 Å². The third kappa shape index (κ3) is 5.57. The number of carbonyl (C=O) groups is 2. The molecule has 0 saturated heterocycles. The Labute approximate surface area is 161 Å². The van der Waals surface area contributed by atoms with Crippen molar-refractivity contribution in [3.63, 3.8) is 0 Å². The van der Waals surface area contributed by atoms with Gasteiger partial charge in [0.1, 0.15) is 5.75 Å². The Hall–Kier alpha value is -2.38. The Balaban J connectivity index is 1.99. The van der Waals surface area contributed by atoms with E-state index in [1.807, 2.05) is 6.92 Å². The number of carbonyl (C=O) groups excluding carboxylic acids is 2. The van der Waals surface area contributed by atoms with Gasteiger partial charge in [0.2, 0.25) is 0 Å². The van der Waals surface area contributed by atoms with Gasteiger partial charge in [-0.05, 0) is 65.3 Å². The molecule has 2 N–H and O–H groups in total. The van der Waals surface area contributed by atoms with Crippen LogP contribution in [0.2, 0.25) is 0 Å². The zero-order valence-corrected chi connectivity index (χ0v) is 16.3. The molecule has 2 rings (SSSR count). The summed E-state index contributed by atoms with van der Waals surface area (Å²) in [6, 6.07) is 11.8. The minimum absolute atomic E-state index is 0.185. The molecule has 0 aromatic heterocycles. The van der Waals surface area contributed by atoms with Gasteiger partial charge >= 0.3 is 0 Å². The van der Waals surface area contributed by atoms with Crippen LogP contribution in [0.15, 0.2) is 46.9 Å². The summed E-state index contributed by atoms with van der Waals surface area (Å²) < 4.78 is 11.0. The number of hydrogen-bond acceptors (Lipinski definition) is 4. The highest BCUT2D eigenvalue weighted by molar-refractivity contribution is 9.10. The van der Waals surface area contributed by atoms with Crippen LogP contribution in [0.3, 0.4) is 0 Å². The lowest BCUT2D eigenvalue weighted by Crippen LogP contribution is -2.26. The number of benzene rings is 2. The van der Waals surface area contributed by atoms with E-state index in [2.05, 4.69) is 26.6 Å². The quantitative estimate of drug-likeness (QED) is 0.640. The van der Waals surface area contributed by atoms with Crippen LogP contribution < -0.4 is 15.4 Å². The van der Waals surface area contributed by atoms with E-state index in [9.17, 15) is 9.59 Å². The van der Waals surface area contributed by atoms with Crippen molar-refractivity contribution in [2.24, 2.45) is 0 Å². The maximum absolute atomic E-state index is 12.4. The van der Waals surface area contributed by atoms with E-state index in [0.29, 0.717) is 42.3 Å². The van der Waals surface area contributed by atoms with Crippen molar-refractivity contribution in [2.45, 2.75) is 6.92 Å². The monoisotopic (exact) mass is 420 g/mol. The summed E-state index contributed by atoms with van der Waals surface area (Å²) in [6.07, 6.45) is 0. The topological polar surface area (TPSA) is 76.7 Å². The highest BCUT2D eigenvalue weighted by Gasteiger charge is 2.10. The van der Waals surface area contributed by atoms with Crippen LogP contribution in [0.4, 0.5) is 5.69 Å². The Morgan fingerprint density at radius 1 is 1.04 bits per heavy atom. The molecular formula is C19H21BrN2O4. The third-order valence-corrected chi connectivity index (χ3v) is 4.11. The van der Waals surface area contributed by atoms with Gasteiger partial charge in [0.05, 0.1) is 17.7 Å². The van der Waals surface area contributed by atoms with Crippen molar-refractivity contribution in [3.05, 3.63) is 58.1 Å².